The Morgan fingerprint density at radius 2 is 1.57 bits per heavy atom. The summed E-state index contributed by atoms with van der Waals surface area (Å²) in [6, 6.07) is 6.71. The van der Waals surface area contributed by atoms with Crippen LogP contribution >= 0.6 is 0 Å². The van der Waals surface area contributed by atoms with Gasteiger partial charge in [-0.2, -0.15) is 0 Å². The number of fused-ring (bicyclic) bond motifs is 3. The Morgan fingerprint density at radius 1 is 0.967 bits per heavy atom. The molecule has 0 fully saturated rings. The van der Waals surface area contributed by atoms with Crippen LogP contribution in [0.2, 0.25) is 0 Å². The Bertz CT molecular complexity index is 1020. The lowest BCUT2D eigenvalue weighted by molar-refractivity contribution is 0.0932. The fourth-order valence-electron chi connectivity index (χ4n) is 5.55. The van der Waals surface area contributed by atoms with Gasteiger partial charge >= 0.3 is 0 Å². The molecule has 0 amide bonds. The summed E-state index contributed by atoms with van der Waals surface area (Å²) in [5, 5.41) is 0. The number of nitrogens with zero attached hydrogens (tertiary/aromatic N) is 4. The molecule has 0 saturated carbocycles. The number of aryl methyl sites for hydroxylation is 2. The summed E-state index contributed by atoms with van der Waals surface area (Å²) in [6.45, 7) is 19.6. The van der Waals surface area contributed by atoms with Crippen molar-refractivity contribution in [3.05, 3.63) is 78.8 Å². The lowest BCUT2D eigenvalue weighted by Crippen LogP contribution is -2.60. The molecule has 156 valence electrons. The predicted molar refractivity (Wildman–Crippen MR) is 126 cm³/mol. The summed E-state index contributed by atoms with van der Waals surface area (Å²) in [4.78, 5) is 14.3. The summed E-state index contributed by atoms with van der Waals surface area (Å²) in [5.41, 5.74) is 4.43. The minimum atomic E-state index is -0.161. The van der Waals surface area contributed by atoms with Crippen LogP contribution in [0.5, 0.6) is 0 Å². The van der Waals surface area contributed by atoms with Crippen molar-refractivity contribution >= 4 is 17.3 Å². The highest BCUT2D eigenvalue weighted by atomic mass is 15.5. The topological polar surface area (TPSA) is 32.3 Å². The van der Waals surface area contributed by atoms with Gasteiger partial charge < -0.3 is 9.80 Å². The second-order valence-corrected chi connectivity index (χ2v) is 8.81. The molecule has 3 unspecified atom stereocenters. The maximum Gasteiger partial charge on any atom is 0.178 e. The van der Waals surface area contributed by atoms with E-state index >= 15 is 0 Å². The third-order valence-electron chi connectivity index (χ3n) is 7.30. The second kappa shape index (κ2) is 7.12. The minimum absolute atomic E-state index is 0.0250. The molecule has 4 rings (SSSR count). The largest absolute Gasteiger partial charge is 0.302 e. The van der Waals surface area contributed by atoms with Gasteiger partial charge in [0, 0.05) is 34.6 Å². The molecule has 30 heavy (non-hydrogen) atoms. The van der Waals surface area contributed by atoms with Crippen molar-refractivity contribution in [2.45, 2.75) is 53.6 Å². The molecule has 0 aliphatic carbocycles. The first-order valence-electron chi connectivity index (χ1n) is 10.8. The van der Waals surface area contributed by atoms with E-state index in [0.29, 0.717) is 0 Å². The van der Waals surface area contributed by atoms with Gasteiger partial charge in [-0.15, -0.1) is 6.58 Å². The van der Waals surface area contributed by atoms with Gasteiger partial charge in [0.05, 0.1) is 0 Å². The highest BCUT2D eigenvalue weighted by Crippen LogP contribution is 2.61. The number of allylic oxidation sites excluding steroid dienone is 3. The zero-order valence-corrected chi connectivity index (χ0v) is 18.8. The zero-order valence-electron chi connectivity index (χ0n) is 18.8. The Morgan fingerprint density at radius 3 is 2.07 bits per heavy atom. The molecule has 3 atom stereocenters. The van der Waals surface area contributed by atoms with Crippen molar-refractivity contribution in [3.8, 4) is 0 Å². The highest BCUT2D eigenvalue weighted by Gasteiger charge is 2.59. The molecule has 2 aliphatic rings. The van der Waals surface area contributed by atoms with Gasteiger partial charge in [0.25, 0.3) is 0 Å². The average Bonchev–Trinajstić information content (AvgIpc) is 3.10. The first-order chi connectivity index (χ1) is 14.4. The Kier molecular flexibility index (Phi) is 4.84. The van der Waals surface area contributed by atoms with Crippen molar-refractivity contribution in [1.29, 1.82) is 0 Å². The molecule has 2 aliphatic heterocycles. The average molecular weight is 401 g/mol. The van der Waals surface area contributed by atoms with E-state index in [2.05, 4.69) is 87.9 Å². The van der Waals surface area contributed by atoms with E-state index in [4.69, 9.17) is 9.97 Å². The maximum absolute atomic E-state index is 4.80. The Labute approximate surface area is 180 Å². The fourth-order valence-corrected chi connectivity index (χ4v) is 5.55. The molecule has 0 spiro atoms. The fraction of sp³-hybridized carbons (Fsp3) is 0.385. The van der Waals surface area contributed by atoms with Gasteiger partial charge in [-0.3, -0.25) is 0 Å². The van der Waals surface area contributed by atoms with Gasteiger partial charge in [0.1, 0.15) is 6.17 Å². The van der Waals surface area contributed by atoms with Crippen LogP contribution in [0.3, 0.4) is 0 Å². The molecule has 0 radical (unpaired) electrons. The molecular formula is C26H32N4. The van der Waals surface area contributed by atoms with E-state index in [1.54, 1.807) is 12.4 Å². The summed E-state index contributed by atoms with van der Waals surface area (Å²) < 4.78 is 0. The Hall–Kier alpha value is -2.88. The van der Waals surface area contributed by atoms with Crippen LogP contribution in [-0.2, 0) is 0 Å². The van der Waals surface area contributed by atoms with Crippen LogP contribution in [0.15, 0.2) is 67.7 Å². The van der Waals surface area contributed by atoms with Crippen LogP contribution in [0.4, 0.5) is 17.3 Å². The molecule has 4 nitrogen and oxygen atoms in total. The monoisotopic (exact) mass is 400 g/mol. The van der Waals surface area contributed by atoms with Crippen molar-refractivity contribution < 1.29 is 0 Å². The number of hydrogen-bond acceptors (Lipinski definition) is 4. The number of anilines is 3. The van der Waals surface area contributed by atoms with E-state index in [1.165, 1.54) is 11.1 Å². The quantitative estimate of drug-likeness (QED) is 0.539. The summed E-state index contributed by atoms with van der Waals surface area (Å²) >= 11 is 0. The molecule has 3 heterocycles. The lowest BCUT2D eigenvalue weighted by Gasteiger charge is -2.56. The first kappa shape index (κ1) is 20.4. The van der Waals surface area contributed by atoms with E-state index in [-0.39, 0.29) is 17.0 Å². The molecule has 2 aromatic rings. The lowest BCUT2D eigenvalue weighted by atomic mass is 9.57. The van der Waals surface area contributed by atoms with E-state index in [0.717, 1.165) is 35.9 Å². The van der Waals surface area contributed by atoms with E-state index in [1.807, 2.05) is 6.08 Å². The summed E-state index contributed by atoms with van der Waals surface area (Å²) in [7, 11) is 0. The molecule has 0 bridgehead atoms. The summed E-state index contributed by atoms with van der Waals surface area (Å²) in [5.74, 6) is 1.79. The van der Waals surface area contributed by atoms with Crippen LogP contribution < -0.4 is 9.80 Å². The number of hydrogen-bond donors (Lipinski definition) is 0. The van der Waals surface area contributed by atoms with Crippen molar-refractivity contribution in [1.82, 2.24) is 9.97 Å². The third kappa shape index (κ3) is 2.59. The minimum Gasteiger partial charge on any atom is -0.302 e. The standard InChI is InChI=1S/C26H32N4/c1-8-20-17-26(10-3,11-4)25(7,9-2)24-29(20)22-23(28-13-12-27-22)30(24)21-15-18(5)14-19(6)16-21/h8,10,12-17,24H,1,3,9,11H2,2,4-7H3. The van der Waals surface area contributed by atoms with Gasteiger partial charge in [-0.25, -0.2) is 9.97 Å². The molecular weight excluding hydrogens is 368 g/mol. The van der Waals surface area contributed by atoms with Gasteiger partial charge in [-0.05, 0) is 62.1 Å². The number of benzene rings is 1. The predicted octanol–water partition coefficient (Wildman–Crippen LogP) is 6.46. The SMILES string of the molecule is C=CC1=CC(C=C)(CC)C(C)(CC)C2N1c1nccnc1N2c1cc(C)cc(C)c1. The maximum atomic E-state index is 4.80. The van der Waals surface area contributed by atoms with E-state index < -0.39 is 0 Å². The Balaban J connectivity index is 2.06. The van der Waals surface area contributed by atoms with Crippen LogP contribution in [0, 0.1) is 24.7 Å². The molecule has 1 aromatic carbocycles. The second-order valence-electron chi connectivity index (χ2n) is 8.81. The smallest absolute Gasteiger partial charge is 0.178 e. The van der Waals surface area contributed by atoms with Crippen LogP contribution in [-0.4, -0.2) is 16.1 Å². The van der Waals surface area contributed by atoms with Crippen LogP contribution in [0.25, 0.3) is 0 Å². The van der Waals surface area contributed by atoms with Crippen LogP contribution in [0.1, 0.15) is 44.7 Å². The van der Waals surface area contributed by atoms with Crippen molar-refractivity contribution in [2.24, 2.45) is 10.8 Å². The molecule has 0 saturated heterocycles. The first-order valence-corrected chi connectivity index (χ1v) is 10.8. The van der Waals surface area contributed by atoms with Crippen molar-refractivity contribution in [3.63, 3.8) is 0 Å². The molecule has 0 N–H and O–H groups in total. The van der Waals surface area contributed by atoms with Crippen molar-refractivity contribution in [2.75, 3.05) is 9.80 Å². The summed E-state index contributed by atoms with van der Waals surface area (Å²) in [6.07, 6.45) is 12.0. The molecule has 1 aromatic heterocycles. The van der Waals surface area contributed by atoms with E-state index in [9.17, 15) is 0 Å². The normalized spacial score (nSPS) is 27.4. The molecule has 4 heteroatoms. The highest BCUT2D eigenvalue weighted by molar-refractivity contribution is 5.82. The van der Waals surface area contributed by atoms with Gasteiger partial charge in [-0.1, -0.05) is 39.5 Å². The number of rotatable bonds is 5. The third-order valence-corrected chi connectivity index (χ3v) is 7.30. The number of aromatic nitrogens is 2. The van der Waals surface area contributed by atoms with Gasteiger partial charge in [0.15, 0.2) is 11.6 Å². The zero-order chi connectivity index (χ0) is 21.7. The van der Waals surface area contributed by atoms with Gasteiger partial charge in [0.2, 0.25) is 0 Å².